The summed E-state index contributed by atoms with van der Waals surface area (Å²) in [6, 6.07) is 0. The summed E-state index contributed by atoms with van der Waals surface area (Å²) >= 11 is 1.73. The van der Waals surface area contributed by atoms with Crippen LogP contribution in [0.4, 0.5) is 0 Å². The molecule has 3 nitrogen and oxygen atoms in total. The van der Waals surface area contributed by atoms with Crippen LogP contribution in [0.2, 0.25) is 0 Å². The predicted molar refractivity (Wildman–Crippen MR) is 53.8 cm³/mol. The fourth-order valence-corrected chi connectivity index (χ4v) is 2.18. The number of rotatable bonds is 1. The lowest BCUT2D eigenvalue weighted by Gasteiger charge is -1.90. The minimum atomic E-state index is 1.07. The van der Waals surface area contributed by atoms with Crippen LogP contribution >= 0.6 is 11.3 Å². The summed E-state index contributed by atoms with van der Waals surface area (Å²) in [5.74, 6) is 0. The van der Waals surface area contributed by atoms with Crippen LogP contribution in [0.1, 0.15) is 9.88 Å². The Hall–Kier alpha value is -1.16. The number of hydrogen-bond donors (Lipinski definition) is 0. The van der Waals surface area contributed by atoms with Gasteiger partial charge in [0.15, 0.2) is 0 Å². The smallest absolute Gasteiger partial charge is 0.0904 e. The van der Waals surface area contributed by atoms with Crippen molar-refractivity contribution in [3.8, 4) is 11.3 Å². The van der Waals surface area contributed by atoms with Crippen molar-refractivity contribution in [3.05, 3.63) is 22.3 Å². The number of nitrogens with zero attached hydrogens (tertiary/aromatic N) is 3. The minimum absolute atomic E-state index is 1.07. The van der Waals surface area contributed by atoms with Gasteiger partial charge in [0.05, 0.1) is 16.9 Å². The van der Waals surface area contributed by atoms with Crippen molar-refractivity contribution in [3.63, 3.8) is 0 Å². The Morgan fingerprint density at radius 1 is 1.38 bits per heavy atom. The van der Waals surface area contributed by atoms with E-state index in [9.17, 15) is 0 Å². The quantitative estimate of drug-likeness (QED) is 0.695. The van der Waals surface area contributed by atoms with Gasteiger partial charge in [0.2, 0.25) is 0 Å². The molecule has 0 saturated carbocycles. The fourth-order valence-electron chi connectivity index (χ4n) is 1.34. The molecular formula is C9H11N3S. The van der Waals surface area contributed by atoms with Gasteiger partial charge in [0.1, 0.15) is 0 Å². The van der Waals surface area contributed by atoms with E-state index < -0.39 is 0 Å². The molecule has 0 atom stereocenters. The largest absolute Gasteiger partial charge is 0.275 e. The highest BCUT2D eigenvalue weighted by Crippen LogP contribution is 2.26. The first-order valence-electron chi connectivity index (χ1n) is 4.10. The lowest BCUT2D eigenvalue weighted by molar-refractivity contribution is 0.768. The fraction of sp³-hybridized carbons (Fsp3) is 0.333. The predicted octanol–water partition coefficient (Wildman–Crippen LogP) is 2.16. The summed E-state index contributed by atoms with van der Waals surface area (Å²) in [5, 5.41) is 5.23. The van der Waals surface area contributed by atoms with Gasteiger partial charge in [-0.15, -0.1) is 11.3 Å². The van der Waals surface area contributed by atoms with Gasteiger partial charge in [-0.2, -0.15) is 5.10 Å². The second-order valence-electron chi connectivity index (χ2n) is 3.04. The summed E-state index contributed by atoms with van der Waals surface area (Å²) in [6.07, 6.45) is 3.84. The lowest BCUT2D eigenvalue weighted by atomic mass is 10.2. The zero-order valence-electron chi connectivity index (χ0n) is 7.90. The molecule has 2 aromatic rings. The zero-order chi connectivity index (χ0) is 9.42. The Balaban J connectivity index is 2.51. The highest BCUT2D eigenvalue weighted by atomic mass is 32.1. The number of aryl methyl sites for hydroxylation is 3. The molecule has 0 aliphatic heterocycles. The molecule has 0 aliphatic carbocycles. The highest BCUT2D eigenvalue weighted by molar-refractivity contribution is 7.11. The number of thiazole rings is 1. The van der Waals surface area contributed by atoms with Crippen molar-refractivity contribution in [2.24, 2.45) is 7.05 Å². The third-order valence-electron chi connectivity index (χ3n) is 1.88. The third kappa shape index (κ3) is 1.49. The molecule has 0 saturated heterocycles. The first kappa shape index (κ1) is 8.44. The minimum Gasteiger partial charge on any atom is -0.275 e. The zero-order valence-corrected chi connectivity index (χ0v) is 8.72. The molecule has 0 spiro atoms. The molecule has 0 aliphatic rings. The Bertz CT molecular complexity index is 428. The Morgan fingerprint density at radius 2 is 2.15 bits per heavy atom. The molecule has 4 heteroatoms. The van der Waals surface area contributed by atoms with E-state index in [1.54, 1.807) is 16.0 Å². The second kappa shape index (κ2) is 2.96. The molecule has 0 radical (unpaired) electrons. The average Bonchev–Trinajstić information content (AvgIpc) is 2.58. The Labute approximate surface area is 81.1 Å². The van der Waals surface area contributed by atoms with Crippen molar-refractivity contribution in [2.75, 3.05) is 0 Å². The van der Waals surface area contributed by atoms with Crippen LogP contribution in [0.15, 0.2) is 12.4 Å². The molecule has 0 unspecified atom stereocenters. The van der Waals surface area contributed by atoms with Gasteiger partial charge in [-0.3, -0.25) is 4.68 Å². The number of aromatic nitrogens is 3. The van der Waals surface area contributed by atoms with Crippen molar-refractivity contribution in [1.29, 1.82) is 0 Å². The van der Waals surface area contributed by atoms with Crippen LogP contribution < -0.4 is 0 Å². The van der Waals surface area contributed by atoms with E-state index in [0.717, 1.165) is 16.3 Å². The summed E-state index contributed by atoms with van der Waals surface area (Å²) in [4.78, 5) is 5.71. The Kier molecular flexibility index (Phi) is 1.92. The van der Waals surface area contributed by atoms with Crippen molar-refractivity contribution < 1.29 is 0 Å². The van der Waals surface area contributed by atoms with Crippen molar-refractivity contribution in [2.45, 2.75) is 13.8 Å². The molecule has 0 amide bonds. The molecule has 0 aromatic carbocycles. The molecule has 13 heavy (non-hydrogen) atoms. The van der Waals surface area contributed by atoms with Crippen LogP contribution in [0, 0.1) is 13.8 Å². The summed E-state index contributed by atoms with van der Waals surface area (Å²) in [7, 11) is 1.91. The maximum Gasteiger partial charge on any atom is 0.0904 e. The van der Waals surface area contributed by atoms with Crippen LogP contribution in [-0.4, -0.2) is 14.8 Å². The first-order valence-corrected chi connectivity index (χ1v) is 4.91. The van der Waals surface area contributed by atoms with E-state index in [1.807, 2.05) is 26.4 Å². The summed E-state index contributed by atoms with van der Waals surface area (Å²) in [6.45, 7) is 4.12. The van der Waals surface area contributed by atoms with Gasteiger partial charge >= 0.3 is 0 Å². The molecule has 2 rings (SSSR count). The average molecular weight is 193 g/mol. The lowest BCUT2D eigenvalue weighted by Crippen LogP contribution is -1.84. The highest BCUT2D eigenvalue weighted by Gasteiger charge is 2.08. The first-order chi connectivity index (χ1) is 6.16. The monoisotopic (exact) mass is 193 g/mol. The van der Waals surface area contributed by atoms with Gasteiger partial charge in [-0.05, 0) is 13.8 Å². The third-order valence-corrected chi connectivity index (χ3v) is 2.77. The van der Waals surface area contributed by atoms with E-state index in [1.165, 1.54) is 4.88 Å². The SMILES string of the molecule is Cc1nc(-c2cnn(C)c2)c(C)s1. The van der Waals surface area contributed by atoms with Gasteiger partial charge in [0.25, 0.3) is 0 Å². The molecule has 2 heterocycles. The normalized spacial score (nSPS) is 10.7. The van der Waals surface area contributed by atoms with Gasteiger partial charge in [-0.25, -0.2) is 4.98 Å². The van der Waals surface area contributed by atoms with Crippen molar-refractivity contribution >= 4 is 11.3 Å². The molecule has 68 valence electrons. The van der Waals surface area contributed by atoms with Crippen LogP contribution in [0.3, 0.4) is 0 Å². The van der Waals surface area contributed by atoms with E-state index in [2.05, 4.69) is 17.0 Å². The standard InChI is InChI=1S/C9H11N3S/c1-6-9(11-7(2)13-6)8-4-10-12(3)5-8/h4-5H,1-3H3. The van der Waals surface area contributed by atoms with Gasteiger partial charge in [-0.1, -0.05) is 0 Å². The van der Waals surface area contributed by atoms with Crippen molar-refractivity contribution in [1.82, 2.24) is 14.8 Å². The summed E-state index contributed by atoms with van der Waals surface area (Å²) < 4.78 is 1.80. The van der Waals surface area contributed by atoms with E-state index in [-0.39, 0.29) is 0 Å². The van der Waals surface area contributed by atoms with Crippen LogP contribution in [-0.2, 0) is 7.05 Å². The van der Waals surface area contributed by atoms with E-state index in [0.29, 0.717) is 0 Å². The molecule has 0 N–H and O–H groups in total. The number of hydrogen-bond acceptors (Lipinski definition) is 3. The van der Waals surface area contributed by atoms with E-state index >= 15 is 0 Å². The van der Waals surface area contributed by atoms with Crippen LogP contribution in [0.25, 0.3) is 11.3 Å². The molecular weight excluding hydrogens is 182 g/mol. The molecule has 0 bridgehead atoms. The topological polar surface area (TPSA) is 30.7 Å². The van der Waals surface area contributed by atoms with Crippen LogP contribution in [0.5, 0.6) is 0 Å². The van der Waals surface area contributed by atoms with Gasteiger partial charge in [0, 0.05) is 23.7 Å². The summed E-state index contributed by atoms with van der Waals surface area (Å²) in [5.41, 5.74) is 2.17. The molecule has 2 aromatic heterocycles. The maximum atomic E-state index is 4.46. The Morgan fingerprint density at radius 3 is 2.62 bits per heavy atom. The maximum absolute atomic E-state index is 4.46. The molecule has 0 fully saturated rings. The second-order valence-corrected chi connectivity index (χ2v) is 4.45. The van der Waals surface area contributed by atoms with E-state index in [4.69, 9.17) is 0 Å². The van der Waals surface area contributed by atoms with Gasteiger partial charge < -0.3 is 0 Å².